The smallest absolute Gasteiger partial charge is 0.203 e. The van der Waals surface area contributed by atoms with Crippen LogP contribution in [0.2, 0.25) is 0 Å². The van der Waals surface area contributed by atoms with Gasteiger partial charge in [0, 0.05) is 18.7 Å². The third kappa shape index (κ3) is 2.68. The van der Waals surface area contributed by atoms with Crippen molar-refractivity contribution in [2.75, 3.05) is 6.61 Å². The molecule has 3 rings (SSSR count). The van der Waals surface area contributed by atoms with Crippen molar-refractivity contribution in [3.8, 4) is 23.0 Å². The zero-order valence-electron chi connectivity index (χ0n) is 12.4. The Kier molecular flexibility index (Phi) is 3.83. The second kappa shape index (κ2) is 5.81. The molecule has 0 saturated carbocycles. The highest BCUT2D eigenvalue weighted by Crippen LogP contribution is 2.42. The first-order chi connectivity index (χ1) is 11.0. The number of carbonyl (C=O) groups excluding carboxylic acids is 1. The Morgan fingerprint density at radius 1 is 1.09 bits per heavy atom. The lowest BCUT2D eigenvalue weighted by atomic mass is 9.92. The molecule has 0 bridgehead atoms. The van der Waals surface area contributed by atoms with Gasteiger partial charge in [-0.3, -0.25) is 4.79 Å². The van der Waals surface area contributed by atoms with Crippen LogP contribution in [0.4, 0.5) is 0 Å². The van der Waals surface area contributed by atoms with Gasteiger partial charge in [0.25, 0.3) is 0 Å². The van der Waals surface area contributed by atoms with Crippen molar-refractivity contribution in [2.24, 2.45) is 0 Å². The molecule has 1 aliphatic rings. The van der Waals surface area contributed by atoms with E-state index in [-0.39, 0.29) is 28.6 Å². The van der Waals surface area contributed by atoms with Gasteiger partial charge in [-0.2, -0.15) is 0 Å². The Morgan fingerprint density at radius 2 is 1.78 bits per heavy atom. The molecular weight excluding hydrogens is 300 g/mol. The maximum Gasteiger partial charge on any atom is 0.203 e. The van der Waals surface area contributed by atoms with Crippen molar-refractivity contribution in [3.63, 3.8) is 0 Å². The van der Waals surface area contributed by atoms with Gasteiger partial charge < -0.3 is 24.8 Å². The van der Waals surface area contributed by atoms with Crippen LogP contribution in [0.1, 0.15) is 28.9 Å². The van der Waals surface area contributed by atoms with Gasteiger partial charge in [0.2, 0.25) is 5.78 Å². The van der Waals surface area contributed by atoms with Crippen LogP contribution in [0.3, 0.4) is 0 Å². The topological polar surface area (TPSA) is 96.2 Å². The van der Waals surface area contributed by atoms with Crippen molar-refractivity contribution in [1.29, 1.82) is 0 Å². The summed E-state index contributed by atoms with van der Waals surface area (Å²) in [6.07, 6.45) is -1.66. The van der Waals surface area contributed by atoms with Crippen molar-refractivity contribution in [1.82, 2.24) is 0 Å². The zero-order chi connectivity index (χ0) is 16.6. The van der Waals surface area contributed by atoms with E-state index in [0.29, 0.717) is 12.2 Å². The standard InChI is InChI=1S/C17H16O6/c1-2-22-17-15(21)14-12(20)7-11(19)8-13(14)23-16(17)9-3-5-10(18)6-4-9/h3-8,16-20H,2H2,1H3. The first-order valence-electron chi connectivity index (χ1n) is 7.18. The van der Waals surface area contributed by atoms with Crippen LogP contribution < -0.4 is 4.74 Å². The normalized spacial score (nSPS) is 20.0. The molecule has 120 valence electrons. The van der Waals surface area contributed by atoms with E-state index >= 15 is 0 Å². The third-order valence-electron chi connectivity index (χ3n) is 3.67. The monoisotopic (exact) mass is 316 g/mol. The summed E-state index contributed by atoms with van der Waals surface area (Å²) in [7, 11) is 0. The molecule has 1 heterocycles. The minimum absolute atomic E-state index is 0.00345. The lowest BCUT2D eigenvalue weighted by Gasteiger charge is -2.32. The number of fused-ring (bicyclic) bond motifs is 1. The summed E-state index contributed by atoms with van der Waals surface area (Å²) in [4.78, 5) is 12.7. The quantitative estimate of drug-likeness (QED) is 0.805. The molecule has 2 unspecified atom stereocenters. The van der Waals surface area contributed by atoms with Crippen LogP contribution in [0.5, 0.6) is 23.0 Å². The highest BCUT2D eigenvalue weighted by Gasteiger charge is 2.40. The van der Waals surface area contributed by atoms with Crippen molar-refractivity contribution >= 4 is 5.78 Å². The zero-order valence-corrected chi connectivity index (χ0v) is 12.4. The van der Waals surface area contributed by atoms with Crippen molar-refractivity contribution in [3.05, 3.63) is 47.5 Å². The molecule has 0 amide bonds. The highest BCUT2D eigenvalue weighted by atomic mass is 16.5. The minimum Gasteiger partial charge on any atom is -0.508 e. The second-order valence-electron chi connectivity index (χ2n) is 5.21. The van der Waals surface area contributed by atoms with Gasteiger partial charge in [-0.15, -0.1) is 0 Å². The maximum atomic E-state index is 12.7. The number of Topliss-reactive ketones (excluding diaryl/α,β-unsaturated/α-hetero) is 1. The van der Waals surface area contributed by atoms with E-state index in [1.54, 1.807) is 19.1 Å². The van der Waals surface area contributed by atoms with Crippen LogP contribution in [0.25, 0.3) is 0 Å². The van der Waals surface area contributed by atoms with Crippen LogP contribution in [-0.4, -0.2) is 33.8 Å². The van der Waals surface area contributed by atoms with Crippen LogP contribution in [0, 0.1) is 0 Å². The number of carbonyl (C=O) groups is 1. The summed E-state index contributed by atoms with van der Waals surface area (Å²) >= 11 is 0. The van der Waals surface area contributed by atoms with E-state index in [9.17, 15) is 20.1 Å². The molecule has 0 fully saturated rings. The predicted molar refractivity (Wildman–Crippen MR) is 81.0 cm³/mol. The van der Waals surface area contributed by atoms with Crippen LogP contribution >= 0.6 is 0 Å². The molecule has 2 atom stereocenters. The van der Waals surface area contributed by atoms with E-state index in [1.165, 1.54) is 18.2 Å². The minimum atomic E-state index is -0.924. The summed E-state index contributed by atoms with van der Waals surface area (Å²) in [6, 6.07) is 8.61. The van der Waals surface area contributed by atoms with E-state index in [2.05, 4.69) is 0 Å². The summed E-state index contributed by atoms with van der Waals surface area (Å²) in [5.41, 5.74) is 0.638. The molecule has 2 aromatic rings. The fourth-order valence-electron chi connectivity index (χ4n) is 2.66. The number of hydrogen-bond acceptors (Lipinski definition) is 6. The number of rotatable bonds is 3. The molecule has 0 aliphatic carbocycles. The molecule has 23 heavy (non-hydrogen) atoms. The molecule has 1 aliphatic heterocycles. The van der Waals surface area contributed by atoms with E-state index in [0.717, 1.165) is 6.07 Å². The molecule has 0 radical (unpaired) electrons. The molecule has 6 nitrogen and oxygen atoms in total. The van der Waals surface area contributed by atoms with Gasteiger partial charge >= 0.3 is 0 Å². The fraction of sp³-hybridized carbons (Fsp3) is 0.235. The van der Waals surface area contributed by atoms with Gasteiger partial charge in [0.05, 0.1) is 0 Å². The number of phenolic OH excluding ortho intramolecular Hbond substituents is 3. The lowest BCUT2D eigenvalue weighted by Crippen LogP contribution is -2.38. The molecule has 2 aromatic carbocycles. The van der Waals surface area contributed by atoms with Gasteiger partial charge in [-0.25, -0.2) is 0 Å². The number of aromatic hydroxyl groups is 3. The van der Waals surface area contributed by atoms with Gasteiger partial charge in [-0.1, -0.05) is 12.1 Å². The van der Waals surface area contributed by atoms with Crippen LogP contribution in [-0.2, 0) is 4.74 Å². The highest BCUT2D eigenvalue weighted by molar-refractivity contribution is 6.05. The number of ether oxygens (including phenoxy) is 2. The molecule has 3 N–H and O–H groups in total. The summed E-state index contributed by atoms with van der Waals surface area (Å²) in [5.74, 6) is -0.767. The number of phenols is 3. The molecule has 0 spiro atoms. The van der Waals surface area contributed by atoms with E-state index in [4.69, 9.17) is 9.47 Å². The largest absolute Gasteiger partial charge is 0.508 e. The Labute approximate surface area is 132 Å². The number of ketones is 1. The Hall–Kier alpha value is -2.73. The summed E-state index contributed by atoms with van der Waals surface area (Å²) in [5, 5.41) is 28.9. The van der Waals surface area contributed by atoms with Crippen LogP contribution in [0.15, 0.2) is 36.4 Å². The first-order valence-corrected chi connectivity index (χ1v) is 7.18. The Morgan fingerprint density at radius 3 is 2.43 bits per heavy atom. The van der Waals surface area contributed by atoms with Gasteiger partial charge in [0.15, 0.2) is 12.2 Å². The fourth-order valence-corrected chi connectivity index (χ4v) is 2.66. The average Bonchev–Trinajstić information content (AvgIpc) is 2.50. The molecular formula is C17H16O6. The first kappa shape index (κ1) is 15.2. The number of benzene rings is 2. The van der Waals surface area contributed by atoms with Crippen molar-refractivity contribution < 1.29 is 29.6 Å². The van der Waals surface area contributed by atoms with Gasteiger partial charge in [-0.05, 0) is 24.6 Å². The number of hydrogen-bond donors (Lipinski definition) is 3. The Bertz CT molecular complexity index is 737. The second-order valence-corrected chi connectivity index (χ2v) is 5.21. The van der Waals surface area contributed by atoms with Gasteiger partial charge in [0.1, 0.15) is 28.6 Å². The summed E-state index contributed by atoms with van der Waals surface area (Å²) in [6.45, 7) is 2.05. The Balaban J connectivity index is 2.08. The maximum absolute atomic E-state index is 12.7. The van der Waals surface area contributed by atoms with Crippen molar-refractivity contribution in [2.45, 2.75) is 19.1 Å². The average molecular weight is 316 g/mol. The molecule has 0 saturated heterocycles. The molecule has 6 heteroatoms. The third-order valence-corrected chi connectivity index (χ3v) is 3.67. The lowest BCUT2D eigenvalue weighted by molar-refractivity contribution is -0.0179. The van der Waals surface area contributed by atoms with E-state index < -0.39 is 18.0 Å². The van der Waals surface area contributed by atoms with E-state index in [1.807, 2.05) is 0 Å². The SMILES string of the molecule is CCOC1C(=O)c2c(O)cc(O)cc2OC1c1ccc(O)cc1. The predicted octanol–water partition coefficient (Wildman–Crippen LogP) is 2.52. The molecule has 0 aromatic heterocycles. The summed E-state index contributed by atoms with van der Waals surface area (Å²) < 4.78 is 11.3.